The van der Waals surface area contributed by atoms with Gasteiger partial charge >= 0.3 is 0 Å². The number of pyridine rings is 1. The fraction of sp³-hybridized carbons (Fsp3) is 0.500. The molecule has 3 aromatic rings. The van der Waals surface area contributed by atoms with Crippen LogP contribution in [0.4, 0.5) is 8.78 Å². The molecule has 0 spiro atoms. The Hall–Kier alpha value is -2.64. The minimum absolute atomic E-state index is 0.103. The van der Waals surface area contributed by atoms with Crippen molar-refractivity contribution < 1.29 is 8.78 Å². The molecule has 0 bridgehead atoms. The van der Waals surface area contributed by atoms with Gasteiger partial charge in [-0.3, -0.25) is 9.78 Å². The van der Waals surface area contributed by atoms with Crippen LogP contribution in [0.25, 0.3) is 11.0 Å². The van der Waals surface area contributed by atoms with Crippen LogP contribution in [-0.4, -0.2) is 30.7 Å². The van der Waals surface area contributed by atoms with Crippen LogP contribution in [-0.2, 0) is 0 Å². The highest BCUT2D eigenvalue weighted by molar-refractivity contribution is 5.73. The number of hydrogen-bond donors (Lipinski definition) is 1. The van der Waals surface area contributed by atoms with Gasteiger partial charge in [-0.05, 0) is 37.8 Å². The predicted molar refractivity (Wildman–Crippen MR) is 99.6 cm³/mol. The minimum Gasteiger partial charge on any atom is -0.310 e. The van der Waals surface area contributed by atoms with Crippen molar-refractivity contribution >= 4 is 11.0 Å². The summed E-state index contributed by atoms with van der Waals surface area (Å²) >= 11 is 0. The lowest BCUT2D eigenvalue weighted by Crippen LogP contribution is -2.28. The maximum absolute atomic E-state index is 13.5. The average Bonchev–Trinajstić information content (AvgIpc) is 3.06. The van der Waals surface area contributed by atoms with Crippen molar-refractivity contribution in [1.82, 2.24) is 24.7 Å². The van der Waals surface area contributed by atoms with E-state index >= 15 is 0 Å². The van der Waals surface area contributed by atoms with Crippen molar-refractivity contribution in [3.8, 4) is 0 Å². The fourth-order valence-corrected chi connectivity index (χ4v) is 4.44. The Morgan fingerprint density at radius 2 is 1.89 bits per heavy atom. The molecule has 5 rings (SSSR count). The van der Waals surface area contributed by atoms with Gasteiger partial charge in [0, 0.05) is 36.6 Å². The molecule has 2 unspecified atom stereocenters. The number of fused-ring (bicyclic) bond motifs is 1. The number of aromatic nitrogens is 5. The second kappa shape index (κ2) is 6.46. The number of halogens is 2. The summed E-state index contributed by atoms with van der Waals surface area (Å²) in [6.45, 7) is 0. The maximum atomic E-state index is 13.5. The van der Waals surface area contributed by atoms with Crippen LogP contribution in [0.2, 0.25) is 0 Å². The van der Waals surface area contributed by atoms with E-state index in [1.165, 1.54) is 6.20 Å². The monoisotopic (exact) mass is 385 g/mol. The van der Waals surface area contributed by atoms with Gasteiger partial charge in [-0.25, -0.2) is 18.4 Å². The van der Waals surface area contributed by atoms with Gasteiger partial charge in [0.2, 0.25) is 5.92 Å². The molecule has 0 radical (unpaired) electrons. The van der Waals surface area contributed by atoms with Gasteiger partial charge in [0.1, 0.15) is 11.2 Å². The van der Waals surface area contributed by atoms with Crippen LogP contribution in [0, 0.1) is 0 Å². The molecule has 3 heterocycles. The van der Waals surface area contributed by atoms with Gasteiger partial charge in [-0.1, -0.05) is 6.07 Å². The molecular weight excluding hydrogens is 364 g/mol. The molecule has 2 aliphatic rings. The number of aromatic amines is 1. The van der Waals surface area contributed by atoms with Crippen LogP contribution < -0.4 is 5.56 Å². The molecule has 28 heavy (non-hydrogen) atoms. The molecule has 0 aromatic carbocycles. The fourth-order valence-electron chi connectivity index (χ4n) is 4.44. The molecule has 0 saturated heterocycles. The van der Waals surface area contributed by atoms with E-state index in [-0.39, 0.29) is 36.3 Å². The molecular formula is C20H21F2N5O. The molecule has 0 amide bonds. The largest absolute Gasteiger partial charge is 0.310 e. The van der Waals surface area contributed by atoms with Crippen LogP contribution in [0.1, 0.15) is 67.9 Å². The number of H-pyrrole nitrogens is 1. The van der Waals surface area contributed by atoms with Gasteiger partial charge in [0.25, 0.3) is 5.56 Å². The summed E-state index contributed by atoms with van der Waals surface area (Å²) in [7, 11) is 0. The number of hydrogen-bond acceptors (Lipinski definition) is 4. The van der Waals surface area contributed by atoms with Gasteiger partial charge < -0.3 is 4.98 Å². The number of nitrogens with one attached hydrogen (secondary N) is 1. The predicted octanol–water partition coefficient (Wildman–Crippen LogP) is 3.93. The van der Waals surface area contributed by atoms with Crippen molar-refractivity contribution in [1.29, 1.82) is 0 Å². The lowest BCUT2D eigenvalue weighted by atomic mass is 9.71. The van der Waals surface area contributed by atoms with E-state index in [9.17, 15) is 13.6 Å². The Morgan fingerprint density at radius 3 is 2.57 bits per heavy atom. The summed E-state index contributed by atoms with van der Waals surface area (Å²) < 4.78 is 28.7. The molecule has 1 N–H and O–H groups in total. The third-order valence-corrected chi connectivity index (χ3v) is 6.21. The van der Waals surface area contributed by atoms with Crippen LogP contribution in [0.5, 0.6) is 0 Å². The molecule has 2 atom stereocenters. The summed E-state index contributed by atoms with van der Waals surface area (Å²) in [4.78, 5) is 24.7. The normalized spacial score (nSPS) is 24.9. The van der Waals surface area contributed by atoms with Crippen LogP contribution in [0.15, 0.2) is 35.4 Å². The SMILES string of the molecule is O=c1[nH]c(C2CCC2c2ccccn2)nc2c1cnn2C1CCC(F)(F)CC1. The first-order valence-corrected chi connectivity index (χ1v) is 9.78. The van der Waals surface area contributed by atoms with Gasteiger partial charge in [0.05, 0.1) is 12.2 Å². The van der Waals surface area contributed by atoms with E-state index in [1.807, 2.05) is 18.2 Å². The Bertz CT molecular complexity index is 1050. The minimum atomic E-state index is -2.60. The quantitative estimate of drug-likeness (QED) is 0.741. The van der Waals surface area contributed by atoms with Crippen molar-refractivity contribution in [3.05, 3.63) is 52.5 Å². The molecule has 8 heteroatoms. The molecule has 0 aliphatic heterocycles. The topological polar surface area (TPSA) is 76.5 Å². The molecule has 2 fully saturated rings. The zero-order chi connectivity index (χ0) is 19.3. The van der Waals surface area contributed by atoms with E-state index in [4.69, 9.17) is 4.98 Å². The summed E-state index contributed by atoms with van der Waals surface area (Å²) in [5, 5.41) is 4.74. The Labute approximate surface area is 160 Å². The standard InChI is InChI=1S/C20H21F2N5O/c21-20(22)8-6-12(7-9-20)27-18-15(11-24-27)19(28)26-17(25-18)14-5-4-13(14)16-3-1-2-10-23-16/h1-3,10-14H,4-9H2,(H,25,26,28). The lowest BCUT2D eigenvalue weighted by Gasteiger charge is -2.35. The maximum Gasteiger partial charge on any atom is 0.262 e. The second-order valence-electron chi connectivity index (χ2n) is 7.91. The second-order valence-corrected chi connectivity index (χ2v) is 7.91. The van der Waals surface area contributed by atoms with Gasteiger partial charge in [0.15, 0.2) is 5.65 Å². The van der Waals surface area contributed by atoms with Gasteiger partial charge in [-0.15, -0.1) is 0 Å². The molecule has 146 valence electrons. The summed E-state index contributed by atoms with van der Waals surface area (Å²) in [5.41, 5.74) is 1.28. The first kappa shape index (κ1) is 17.5. The smallest absolute Gasteiger partial charge is 0.262 e. The van der Waals surface area contributed by atoms with E-state index in [0.29, 0.717) is 29.7 Å². The van der Waals surface area contributed by atoms with Crippen molar-refractivity contribution in [2.24, 2.45) is 0 Å². The van der Waals surface area contributed by atoms with Crippen molar-refractivity contribution in [2.45, 2.75) is 62.3 Å². The first-order chi connectivity index (χ1) is 13.5. The zero-order valence-electron chi connectivity index (χ0n) is 15.3. The van der Waals surface area contributed by atoms with E-state index in [0.717, 1.165) is 18.5 Å². The zero-order valence-corrected chi connectivity index (χ0v) is 15.3. The van der Waals surface area contributed by atoms with Crippen molar-refractivity contribution in [2.75, 3.05) is 0 Å². The number of rotatable bonds is 3. The summed E-state index contributed by atoms with van der Waals surface area (Å²) in [6, 6.07) is 5.70. The first-order valence-electron chi connectivity index (χ1n) is 9.78. The Morgan fingerprint density at radius 1 is 1.11 bits per heavy atom. The molecule has 6 nitrogen and oxygen atoms in total. The van der Waals surface area contributed by atoms with Crippen LogP contribution >= 0.6 is 0 Å². The molecule has 2 aliphatic carbocycles. The third-order valence-electron chi connectivity index (χ3n) is 6.21. The highest BCUT2D eigenvalue weighted by atomic mass is 19.3. The van der Waals surface area contributed by atoms with E-state index in [2.05, 4.69) is 15.1 Å². The summed E-state index contributed by atoms with van der Waals surface area (Å²) in [5.74, 6) is -1.63. The van der Waals surface area contributed by atoms with Crippen molar-refractivity contribution in [3.63, 3.8) is 0 Å². The Balaban J connectivity index is 1.49. The lowest BCUT2D eigenvalue weighted by molar-refractivity contribution is -0.0446. The number of alkyl halides is 2. The van der Waals surface area contributed by atoms with E-state index in [1.54, 1.807) is 10.9 Å². The number of nitrogens with zero attached hydrogens (tertiary/aromatic N) is 4. The summed E-state index contributed by atoms with van der Waals surface area (Å²) in [6.07, 6.45) is 5.58. The highest BCUT2D eigenvalue weighted by Crippen LogP contribution is 2.47. The molecule has 2 saturated carbocycles. The van der Waals surface area contributed by atoms with E-state index < -0.39 is 5.92 Å². The molecule has 3 aromatic heterocycles. The highest BCUT2D eigenvalue weighted by Gasteiger charge is 2.38. The average molecular weight is 385 g/mol. The van der Waals surface area contributed by atoms with Gasteiger partial charge in [-0.2, -0.15) is 5.10 Å². The van der Waals surface area contributed by atoms with Crippen LogP contribution in [0.3, 0.4) is 0 Å². The third kappa shape index (κ3) is 2.91. The Kier molecular flexibility index (Phi) is 4.03.